The summed E-state index contributed by atoms with van der Waals surface area (Å²) in [5.41, 5.74) is 2.65. The standard InChI is InChI=1S/C21H24N6O2/c1-22-20(28)14-24-18(12-15-6-4-3-5-7-15)21(29)25-19-13-17(26-27(19)2)16-8-10-23-11-9-16/h3-11,13,18,24H,12,14H2,1-2H3,(H,22,28)(H,25,29). The van der Waals surface area contributed by atoms with E-state index >= 15 is 0 Å². The van der Waals surface area contributed by atoms with Crippen LogP contribution in [0.5, 0.6) is 0 Å². The number of likely N-dealkylation sites (N-methyl/N-ethyl adjacent to an activating group) is 1. The molecular formula is C21H24N6O2. The lowest BCUT2D eigenvalue weighted by Crippen LogP contribution is -2.46. The molecule has 3 rings (SSSR count). The lowest BCUT2D eigenvalue weighted by molar-refractivity contribution is -0.120. The molecule has 2 heterocycles. The maximum atomic E-state index is 13.0. The van der Waals surface area contributed by atoms with E-state index in [1.54, 1.807) is 31.2 Å². The number of hydrogen-bond donors (Lipinski definition) is 3. The van der Waals surface area contributed by atoms with E-state index in [4.69, 9.17) is 0 Å². The number of nitrogens with zero attached hydrogens (tertiary/aromatic N) is 3. The van der Waals surface area contributed by atoms with E-state index in [9.17, 15) is 9.59 Å². The molecule has 1 unspecified atom stereocenters. The van der Waals surface area contributed by atoms with Gasteiger partial charge in [-0.25, -0.2) is 0 Å². The van der Waals surface area contributed by atoms with Crippen LogP contribution >= 0.6 is 0 Å². The molecule has 0 aliphatic rings. The minimum atomic E-state index is -0.575. The minimum absolute atomic E-state index is 0.0507. The number of aromatic nitrogens is 3. The van der Waals surface area contributed by atoms with Crippen molar-refractivity contribution in [1.82, 2.24) is 25.4 Å². The van der Waals surface area contributed by atoms with Gasteiger partial charge in [0, 0.05) is 38.1 Å². The number of anilines is 1. The van der Waals surface area contributed by atoms with E-state index in [1.165, 1.54) is 0 Å². The molecule has 150 valence electrons. The Balaban J connectivity index is 1.75. The van der Waals surface area contributed by atoms with Crippen LogP contribution in [0.15, 0.2) is 60.9 Å². The van der Waals surface area contributed by atoms with Crippen LogP contribution in [-0.2, 0) is 23.1 Å². The molecule has 0 spiro atoms. The smallest absolute Gasteiger partial charge is 0.243 e. The van der Waals surface area contributed by atoms with Crippen LogP contribution in [0, 0.1) is 0 Å². The fourth-order valence-corrected chi connectivity index (χ4v) is 2.87. The van der Waals surface area contributed by atoms with Gasteiger partial charge in [-0.05, 0) is 24.1 Å². The van der Waals surface area contributed by atoms with E-state index in [0.717, 1.165) is 16.8 Å². The van der Waals surface area contributed by atoms with E-state index in [1.807, 2.05) is 48.5 Å². The maximum absolute atomic E-state index is 13.0. The van der Waals surface area contributed by atoms with Crippen molar-refractivity contribution in [2.75, 3.05) is 18.9 Å². The summed E-state index contributed by atoms with van der Waals surface area (Å²) in [4.78, 5) is 28.6. The molecule has 8 nitrogen and oxygen atoms in total. The predicted molar refractivity (Wildman–Crippen MR) is 111 cm³/mol. The molecule has 0 radical (unpaired) electrons. The van der Waals surface area contributed by atoms with E-state index in [0.29, 0.717) is 12.2 Å². The van der Waals surface area contributed by atoms with Gasteiger partial charge >= 0.3 is 0 Å². The van der Waals surface area contributed by atoms with Gasteiger partial charge in [0.15, 0.2) is 0 Å². The third-order valence-corrected chi connectivity index (χ3v) is 4.49. The van der Waals surface area contributed by atoms with Crippen molar-refractivity contribution >= 4 is 17.6 Å². The fourth-order valence-electron chi connectivity index (χ4n) is 2.87. The highest BCUT2D eigenvalue weighted by Crippen LogP contribution is 2.20. The van der Waals surface area contributed by atoms with Crippen LogP contribution in [0.3, 0.4) is 0 Å². The summed E-state index contributed by atoms with van der Waals surface area (Å²) in [5, 5.41) is 13.0. The summed E-state index contributed by atoms with van der Waals surface area (Å²) in [6.45, 7) is 0.0507. The Hall–Kier alpha value is -3.52. The highest BCUT2D eigenvalue weighted by Gasteiger charge is 2.21. The molecule has 3 N–H and O–H groups in total. The van der Waals surface area contributed by atoms with E-state index in [-0.39, 0.29) is 18.4 Å². The van der Waals surface area contributed by atoms with E-state index in [2.05, 4.69) is 26.0 Å². The molecule has 2 aromatic heterocycles. The van der Waals surface area contributed by atoms with Crippen LogP contribution in [0.1, 0.15) is 5.56 Å². The largest absolute Gasteiger partial charge is 0.358 e. The van der Waals surface area contributed by atoms with Gasteiger partial charge in [-0.1, -0.05) is 30.3 Å². The molecule has 2 amide bonds. The van der Waals surface area contributed by atoms with Gasteiger partial charge in [-0.3, -0.25) is 24.6 Å². The zero-order valence-corrected chi connectivity index (χ0v) is 16.4. The number of pyridine rings is 1. The molecule has 0 saturated carbocycles. The molecule has 1 atom stereocenters. The normalized spacial score (nSPS) is 11.7. The minimum Gasteiger partial charge on any atom is -0.358 e. The first-order valence-electron chi connectivity index (χ1n) is 9.30. The fraction of sp³-hybridized carbons (Fsp3) is 0.238. The van der Waals surface area contributed by atoms with Gasteiger partial charge in [0.2, 0.25) is 11.8 Å². The van der Waals surface area contributed by atoms with Crippen molar-refractivity contribution in [1.29, 1.82) is 0 Å². The Morgan fingerprint density at radius 1 is 1.10 bits per heavy atom. The molecule has 0 bridgehead atoms. The zero-order valence-electron chi connectivity index (χ0n) is 16.4. The molecule has 29 heavy (non-hydrogen) atoms. The topological polar surface area (TPSA) is 101 Å². The van der Waals surface area contributed by atoms with Gasteiger partial charge in [0.05, 0.1) is 18.3 Å². The number of benzene rings is 1. The summed E-state index contributed by atoms with van der Waals surface area (Å²) in [6.07, 6.45) is 3.85. The Morgan fingerprint density at radius 3 is 2.52 bits per heavy atom. The Kier molecular flexibility index (Phi) is 6.70. The van der Waals surface area contributed by atoms with Gasteiger partial charge in [-0.15, -0.1) is 0 Å². The maximum Gasteiger partial charge on any atom is 0.243 e. The Bertz CT molecular complexity index is 956. The van der Waals surface area contributed by atoms with Gasteiger partial charge < -0.3 is 10.6 Å². The van der Waals surface area contributed by atoms with Crippen molar-refractivity contribution < 1.29 is 9.59 Å². The van der Waals surface area contributed by atoms with Gasteiger partial charge in [0.1, 0.15) is 5.82 Å². The average Bonchev–Trinajstić information content (AvgIpc) is 3.12. The number of carbonyl (C=O) groups excluding carboxylic acids is 2. The highest BCUT2D eigenvalue weighted by molar-refractivity contribution is 5.95. The number of rotatable bonds is 8. The number of nitrogens with one attached hydrogen (secondary N) is 3. The summed E-state index contributed by atoms with van der Waals surface area (Å²) in [5.74, 6) is 0.153. The molecule has 3 aromatic rings. The van der Waals surface area contributed by atoms with E-state index < -0.39 is 6.04 Å². The SMILES string of the molecule is CNC(=O)CNC(Cc1ccccc1)C(=O)Nc1cc(-c2ccncc2)nn1C. The number of carbonyl (C=O) groups is 2. The highest BCUT2D eigenvalue weighted by atomic mass is 16.2. The summed E-state index contributed by atoms with van der Waals surface area (Å²) in [6, 6.07) is 14.6. The monoisotopic (exact) mass is 392 g/mol. The average molecular weight is 392 g/mol. The first-order chi connectivity index (χ1) is 14.1. The lowest BCUT2D eigenvalue weighted by Gasteiger charge is -2.18. The third-order valence-electron chi connectivity index (χ3n) is 4.49. The summed E-state index contributed by atoms with van der Waals surface area (Å²) >= 11 is 0. The van der Waals surface area contributed by atoms with Crippen molar-refractivity contribution in [3.8, 4) is 11.3 Å². The number of amides is 2. The van der Waals surface area contributed by atoms with Gasteiger partial charge in [0.25, 0.3) is 0 Å². The lowest BCUT2D eigenvalue weighted by atomic mass is 10.1. The zero-order chi connectivity index (χ0) is 20.6. The molecule has 0 fully saturated rings. The van der Waals surface area contributed by atoms with Crippen LogP contribution in [-0.4, -0.2) is 46.2 Å². The molecule has 0 aliphatic carbocycles. The summed E-state index contributed by atoms with van der Waals surface area (Å²) in [7, 11) is 3.33. The van der Waals surface area contributed by atoms with Crippen molar-refractivity contribution in [2.24, 2.45) is 7.05 Å². The molecule has 0 saturated heterocycles. The Labute approximate surface area is 169 Å². The second kappa shape index (κ2) is 9.61. The second-order valence-electron chi connectivity index (χ2n) is 6.56. The van der Waals surface area contributed by atoms with Crippen LogP contribution < -0.4 is 16.0 Å². The predicted octanol–water partition coefficient (Wildman–Crippen LogP) is 1.37. The Morgan fingerprint density at radius 2 is 1.83 bits per heavy atom. The molecule has 1 aromatic carbocycles. The van der Waals surface area contributed by atoms with Crippen molar-refractivity contribution in [3.05, 3.63) is 66.5 Å². The first kappa shape index (κ1) is 20.2. The third kappa shape index (κ3) is 5.49. The van der Waals surface area contributed by atoms with Crippen LogP contribution in [0.4, 0.5) is 5.82 Å². The molecule has 0 aliphatic heterocycles. The number of aryl methyl sites for hydroxylation is 1. The van der Waals surface area contributed by atoms with Gasteiger partial charge in [-0.2, -0.15) is 5.10 Å². The first-order valence-corrected chi connectivity index (χ1v) is 9.30. The summed E-state index contributed by atoms with van der Waals surface area (Å²) < 4.78 is 1.62. The second-order valence-corrected chi connectivity index (χ2v) is 6.56. The molecular weight excluding hydrogens is 368 g/mol. The molecule has 8 heteroatoms. The quantitative estimate of drug-likeness (QED) is 0.538. The van der Waals surface area contributed by atoms with Crippen molar-refractivity contribution in [3.63, 3.8) is 0 Å². The van der Waals surface area contributed by atoms with Crippen LogP contribution in [0.25, 0.3) is 11.3 Å². The number of hydrogen-bond acceptors (Lipinski definition) is 5. The van der Waals surface area contributed by atoms with Crippen LogP contribution in [0.2, 0.25) is 0 Å². The van der Waals surface area contributed by atoms with Crippen molar-refractivity contribution in [2.45, 2.75) is 12.5 Å².